The van der Waals surface area contributed by atoms with Crippen molar-refractivity contribution < 1.29 is 9.85 Å². The number of nitro benzene ring substituents is 2. The minimum absolute atomic E-state index is 0.163. The summed E-state index contributed by atoms with van der Waals surface area (Å²) in [5, 5.41) is 22.1. The van der Waals surface area contributed by atoms with Crippen LogP contribution in [0.5, 0.6) is 0 Å². The van der Waals surface area contributed by atoms with Gasteiger partial charge in [0, 0.05) is 6.07 Å². The van der Waals surface area contributed by atoms with Crippen LogP contribution in [0.2, 0.25) is 0 Å². The minimum atomic E-state index is -0.559. The third-order valence-corrected chi connectivity index (χ3v) is 3.20. The molecule has 2 aromatic rings. The largest absolute Gasteiger partial charge is 0.291 e. The fourth-order valence-corrected chi connectivity index (χ4v) is 2.29. The van der Waals surface area contributed by atoms with E-state index in [9.17, 15) is 20.2 Å². The van der Waals surface area contributed by atoms with Crippen LogP contribution in [0.1, 0.15) is 0 Å². The number of benzene rings is 2. The van der Waals surface area contributed by atoms with Crippen molar-refractivity contribution in [3.05, 3.63) is 67.2 Å². The molecule has 0 aliphatic heterocycles. The van der Waals surface area contributed by atoms with Gasteiger partial charge in [0.1, 0.15) is 0 Å². The predicted molar refractivity (Wildman–Crippen MR) is 72.9 cm³/mol. The third kappa shape index (κ3) is 2.45. The molecule has 7 heteroatoms. The Hall–Kier alpha value is -2.28. The molecule has 0 bridgehead atoms. The average Bonchev–Trinajstić information content (AvgIpc) is 2.37. The van der Waals surface area contributed by atoms with Gasteiger partial charge in [-0.25, -0.2) is 0 Å². The van der Waals surface area contributed by atoms with Gasteiger partial charge < -0.3 is 0 Å². The monoisotopic (exact) mass is 322 g/mol. The highest BCUT2D eigenvalue weighted by atomic mass is 79.9. The van der Waals surface area contributed by atoms with Crippen molar-refractivity contribution >= 4 is 27.3 Å². The van der Waals surface area contributed by atoms with E-state index in [2.05, 4.69) is 15.9 Å². The second kappa shape index (κ2) is 5.15. The van der Waals surface area contributed by atoms with Gasteiger partial charge in [-0.3, -0.25) is 20.2 Å². The Bertz CT molecular complexity index is 673. The normalized spacial score (nSPS) is 10.2. The molecular weight excluding hydrogens is 316 g/mol. The van der Waals surface area contributed by atoms with Crippen molar-refractivity contribution in [3.63, 3.8) is 0 Å². The molecule has 96 valence electrons. The van der Waals surface area contributed by atoms with E-state index in [-0.39, 0.29) is 27.0 Å². The number of hydrogen-bond donors (Lipinski definition) is 0. The van der Waals surface area contributed by atoms with Crippen molar-refractivity contribution in [3.8, 4) is 11.1 Å². The number of rotatable bonds is 3. The van der Waals surface area contributed by atoms with Crippen LogP contribution < -0.4 is 0 Å². The number of hydrogen-bond acceptors (Lipinski definition) is 4. The van der Waals surface area contributed by atoms with E-state index >= 15 is 0 Å². The molecule has 0 radical (unpaired) electrons. The molecule has 0 spiro atoms. The summed E-state index contributed by atoms with van der Waals surface area (Å²) in [6.07, 6.45) is 0. The zero-order valence-corrected chi connectivity index (χ0v) is 11.0. The van der Waals surface area contributed by atoms with Gasteiger partial charge in [-0.2, -0.15) is 0 Å². The van der Waals surface area contributed by atoms with Crippen LogP contribution in [0, 0.1) is 20.2 Å². The maximum atomic E-state index is 11.1. The lowest BCUT2D eigenvalue weighted by molar-refractivity contribution is -0.386. The summed E-state index contributed by atoms with van der Waals surface area (Å²) in [7, 11) is 0. The van der Waals surface area contributed by atoms with Crippen molar-refractivity contribution in [2.24, 2.45) is 0 Å². The first-order valence-electron chi connectivity index (χ1n) is 5.19. The molecule has 2 aromatic carbocycles. The first kappa shape index (κ1) is 13.2. The molecule has 0 saturated heterocycles. The van der Waals surface area contributed by atoms with Gasteiger partial charge in [-0.05, 0) is 34.1 Å². The van der Waals surface area contributed by atoms with E-state index in [1.54, 1.807) is 12.1 Å². The number of nitrogens with zero attached hydrogens (tertiary/aromatic N) is 2. The van der Waals surface area contributed by atoms with E-state index < -0.39 is 9.85 Å². The second-order valence-electron chi connectivity index (χ2n) is 3.67. The Kier molecular flexibility index (Phi) is 3.57. The molecule has 0 atom stereocenters. The summed E-state index contributed by atoms with van der Waals surface area (Å²) >= 11 is 3.10. The maximum absolute atomic E-state index is 11.1. The van der Waals surface area contributed by atoms with Gasteiger partial charge in [-0.1, -0.05) is 18.2 Å². The van der Waals surface area contributed by atoms with Crippen molar-refractivity contribution in [2.45, 2.75) is 0 Å². The lowest BCUT2D eigenvalue weighted by Crippen LogP contribution is -1.96. The lowest BCUT2D eigenvalue weighted by Gasteiger charge is -2.05. The SMILES string of the molecule is O=[N+]([O-])c1ccccc1-c1cccc(Br)c1[N+](=O)[O-]. The van der Waals surface area contributed by atoms with Gasteiger partial charge in [-0.15, -0.1) is 0 Å². The first-order chi connectivity index (χ1) is 9.02. The standard InChI is InChI=1S/C12H7BrN2O4/c13-10-6-3-5-9(12(10)15(18)19)8-4-1-2-7-11(8)14(16)17/h1-7H. The highest BCUT2D eigenvalue weighted by molar-refractivity contribution is 9.10. The van der Waals surface area contributed by atoms with E-state index in [4.69, 9.17) is 0 Å². The molecule has 0 amide bonds. The Morgan fingerprint density at radius 1 is 0.842 bits per heavy atom. The number of halogens is 1. The molecule has 0 aliphatic rings. The van der Waals surface area contributed by atoms with E-state index in [1.807, 2.05) is 0 Å². The van der Waals surface area contributed by atoms with Gasteiger partial charge in [0.25, 0.3) is 11.4 Å². The average molecular weight is 323 g/mol. The van der Waals surface area contributed by atoms with Crippen molar-refractivity contribution in [2.75, 3.05) is 0 Å². The Labute approximate surface area is 116 Å². The van der Waals surface area contributed by atoms with Crippen molar-refractivity contribution in [1.82, 2.24) is 0 Å². The van der Waals surface area contributed by atoms with Crippen LogP contribution >= 0.6 is 15.9 Å². The molecule has 0 aliphatic carbocycles. The highest BCUT2D eigenvalue weighted by Gasteiger charge is 2.24. The van der Waals surface area contributed by atoms with Crippen LogP contribution in [0.25, 0.3) is 11.1 Å². The Balaban J connectivity index is 2.76. The van der Waals surface area contributed by atoms with E-state index in [0.717, 1.165) is 0 Å². The Morgan fingerprint density at radius 3 is 2.11 bits per heavy atom. The van der Waals surface area contributed by atoms with E-state index in [1.165, 1.54) is 30.3 Å². The molecule has 0 fully saturated rings. The van der Waals surface area contributed by atoms with Crippen LogP contribution in [-0.2, 0) is 0 Å². The van der Waals surface area contributed by atoms with Gasteiger partial charge in [0.2, 0.25) is 0 Å². The molecule has 6 nitrogen and oxygen atoms in total. The Morgan fingerprint density at radius 2 is 1.47 bits per heavy atom. The molecular formula is C12H7BrN2O4. The molecule has 0 saturated carbocycles. The van der Waals surface area contributed by atoms with Crippen molar-refractivity contribution in [1.29, 1.82) is 0 Å². The fraction of sp³-hybridized carbons (Fsp3) is 0. The molecule has 0 heterocycles. The molecule has 0 unspecified atom stereocenters. The topological polar surface area (TPSA) is 86.3 Å². The summed E-state index contributed by atoms with van der Waals surface area (Å²) in [6, 6.07) is 10.6. The number of nitro groups is 2. The molecule has 19 heavy (non-hydrogen) atoms. The van der Waals surface area contributed by atoms with Crippen LogP contribution in [0.3, 0.4) is 0 Å². The molecule has 0 aromatic heterocycles. The number of para-hydroxylation sites is 2. The fourth-order valence-electron chi connectivity index (χ4n) is 1.78. The summed E-state index contributed by atoms with van der Waals surface area (Å²) in [5.41, 5.74) is 0.0904. The molecule has 2 rings (SSSR count). The van der Waals surface area contributed by atoms with Gasteiger partial charge in [0.15, 0.2) is 0 Å². The minimum Gasteiger partial charge on any atom is -0.258 e. The van der Waals surface area contributed by atoms with Crippen LogP contribution in [-0.4, -0.2) is 9.85 Å². The maximum Gasteiger partial charge on any atom is 0.291 e. The van der Waals surface area contributed by atoms with Gasteiger partial charge >= 0.3 is 0 Å². The predicted octanol–water partition coefficient (Wildman–Crippen LogP) is 3.93. The second-order valence-corrected chi connectivity index (χ2v) is 4.52. The zero-order chi connectivity index (χ0) is 14.0. The van der Waals surface area contributed by atoms with Crippen LogP contribution in [0.15, 0.2) is 46.9 Å². The first-order valence-corrected chi connectivity index (χ1v) is 5.98. The van der Waals surface area contributed by atoms with Crippen LogP contribution in [0.4, 0.5) is 11.4 Å². The smallest absolute Gasteiger partial charge is 0.258 e. The third-order valence-electron chi connectivity index (χ3n) is 2.56. The van der Waals surface area contributed by atoms with E-state index in [0.29, 0.717) is 0 Å². The summed E-state index contributed by atoms with van der Waals surface area (Å²) in [5.74, 6) is 0. The quantitative estimate of drug-likeness (QED) is 0.632. The summed E-state index contributed by atoms with van der Waals surface area (Å²) < 4.78 is 0.285. The van der Waals surface area contributed by atoms with Gasteiger partial charge in [0.05, 0.1) is 25.4 Å². The molecule has 0 N–H and O–H groups in total. The summed E-state index contributed by atoms with van der Waals surface area (Å²) in [6.45, 7) is 0. The lowest BCUT2D eigenvalue weighted by atomic mass is 10.0. The summed E-state index contributed by atoms with van der Waals surface area (Å²) in [4.78, 5) is 21.0. The zero-order valence-electron chi connectivity index (χ0n) is 9.45. The highest BCUT2D eigenvalue weighted by Crippen LogP contribution is 2.39.